The Kier molecular flexibility index (Phi) is 5.31. The van der Waals surface area contributed by atoms with Crippen LogP contribution in [0, 0.1) is 11.3 Å². The van der Waals surface area contributed by atoms with Gasteiger partial charge in [0.05, 0.1) is 5.02 Å². The summed E-state index contributed by atoms with van der Waals surface area (Å²) in [4.78, 5) is 24.4. The number of carbonyl (C=O) groups is 2. The Balaban J connectivity index is 2.02. The first kappa shape index (κ1) is 18.5. The van der Waals surface area contributed by atoms with Gasteiger partial charge in [-0.05, 0) is 49.7 Å². The molecule has 3 rings (SSSR count). The number of amides is 1. The largest absolute Gasteiger partial charge is 0.482 e. The first-order valence-electron chi connectivity index (χ1n) is 8.81. The average Bonchev–Trinajstić information content (AvgIpc) is 3.07. The maximum atomic E-state index is 13.4. The molecule has 1 atom stereocenters. The van der Waals surface area contributed by atoms with Crippen LogP contribution in [0.3, 0.4) is 0 Å². The number of ketones is 1. The molecule has 0 heterocycles. The summed E-state index contributed by atoms with van der Waals surface area (Å²) in [5, 5.41) is 0.403. The summed E-state index contributed by atoms with van der Waals surface area (Å²) in [6, 6.07) is 1.74. The van der Waals surface area contributed by atoms with Crippen molar-refractivity contribution in [3.8, 4) is 5.75 Å². The highest BCUT2D eigenvalue weighted by Gasteiger charge is 2.45. The number of halogens is 2. The fraction of sp³-hybridized carbons (Fsp3) is 0.579. The van der Waals surface area contributed by atoms with Crippen LogP contribution in [0.25, 0.3) is 0 Å². The number of aryl methyl sites for hydroxylation is 1. The third-order valence-electron chi connectivity index (χ3n) is 5.77. The molecule has 0 radical (unpaired) electrons. The molecule has 1 amide bonds. The summed E-state index contributed by atoms with van der Waals surface area (Å²) in [5.74, 6) is 0.223. The van der Waals surface area contributed by atoms with Gasteiger partial charge in [-0.25, -0.2) is 0 Å². The molecule has 2 N–H and O–H groups in total. The molecule has 0 aliphatic heterocycles. The molecule has 2 aliphatic rings. The van der Waals surface area contributed by atoms with Gasteiger partial charge in [-0.15, -0.1) is 0 Å². The summed E-state index contributed by atoms with van der Waals surface area (Å²) in [6.45, 7) is 1.81. The molecule has 4 nitrogen and oxygen atoms in total. The van der Waals surface area contributed by atoms with Crippen molar-refractivity contribution < 1.29 is 14.3 Å². The summed E-state index contributed by atoms with van der Waals surface area (Å²) in [5.41, 5.74) is 6.12. The number of nitrogens with two attached hydrogens (primary N) is 1. The van der Waals surface area contributed by atoms with E-state index in [0.29, 0.717) is 17.2 Å². The molecular weight excluding hydrogens is 361 g/mol. The number of rotatable bonds is 4. The van der Waals surface area contributed by atoms with Crippen LogP contribution in [0.4, 0.5) is 0 Å². The van der Waals surface area contributed by atoms with E-state index < -0.39 is 5.91 Å². The summed E-state index contributed by atoms with van der Waals surface area (Å²) < 4.78 is 5.37. The molecule has 1 fully saturated rings. The number of hydrogen-bond donors (Lipinski definition) is 1. The number of Topliss-reactive ketones (excluding diaryl/α,β-unsaturated/α-hetero) is 1. The minimum absolute atomic E-state index is 0.0975. The Hall–Kier alpha value is -1.26. The van der Waals surface area contributed by atoms with Crippen molar-refractivity contribution >= 4 is 34.9 Å². The van der Waals surface area contributed by atoms with Crippen molar-refractivity contribution in [2.45, 2.75) is 51.9 Å². The number of carbonyl (C=O) groups excluding carboxylic acids is 2. The molecule has 25 heavy (non-hydrogen) atoms. The van der Waals surface area contributed by atoms with Crippen LogP contribution in [-0.2, 0) is 11.2 Å². The van der Waals surface area contributed by atoms with Gasteiger partial charge >= 0.3 is 0 Å². The summed E-state index contributed by atoms with van der Waals surface area (Å²) in [6.07, 6.45) is 7.10. The molecule has 0 saturated heterocycles. The van der Waals surface area contributed by atoms with Crippen LogP contribution < -0.4 is 10.5 Å². The van der Waals surface area contributed by atoms with Crippen LogP contribution in [0.5, 0.6) is 5.75 Å². The van der Waals surface area contributed by atoms with Crippen molar-refractivity contribution in [1.29, 1.82) is 0 Å². The predicted molar refractivity (Wildman–Crippen MR) is 98.5 cm³/mol. The molecule has 0 bridgehead atoms. The van der Waals surface area contributed by atoms with Crippen LogP contribution in [0.2, 0.25) is 10.0 Å². The van der Waals surface area contributed by atoms with Crippen molar-refractivity contribution in [3.63, 3.8) is 0 Å². The van der Waals surface area contributed by atoms with E-state index >= 15 is 0 Å². The maximum absolute atomic E-state index is 13.4. The minimum Gasteiger partial charge on any atom is -0.482 e. The first-order valence-corrected chi connectivity index (χ1v) is 9.57. The lowest BCUT2D eigenvalue weighted by Gasteiger charge is -2.33. The molecule has 0 spiro atoms. The van der Waals surface area contributed by atoms with Crippen LogP contribution in [-0.4, -0.2) is 18.3 Å². The number of ether oxygens (including phenoxy) is 1. The van der Waals surface area contributed by atoms with Crippen molar-refractivity contribution in [2.75, 3.05) is 6.61 Å². The molecule has 2 aliphatic carbocycles. The van der Waals surface area contributed by atoms with Crippen molar-refractivity contribution in [1.82, 2.24) is 0 Å². The van der Waals surface area contributed by atoms with E-state index in [0.717, 1.165) is 37.7 Å². The number of fused-ring (bicyclic) bond motifs is 1. The summed E-state index contributed by atoms with van der Waals surface area (Å²) >= 11 is 12.8. The number of hydrogen-bond acceptors (Lipinski definition) is 3. The van der Waals surface area contributed by atoms with Gasteiger partial charge in [0.15, 0.2) is 12.4 Å². The standard InChI is InChI=1S/C19H23Cl2NO3/c1-19(12-6-2-3-7-12)8-4-5-11-9-13(25-10-14(22)23)16(20)17(21)15(11)18(19)24/h9,12H,2-8,10H2,1H3,(H2,22,23). The molecule has 1 saturated carbocycles. The normalized spacial score (nSPS) is 24.0. The van der Waals surface area contributed by atoms with Gasteiger partial charge in [0, 0.05) is 11.0 Å². The van der Waals surface area contributed by atoms with Gasteiger partial charge in [-0.2, -0.15) is 0 Å². The highest BCUT2D eigenvalue weighted by Crippen LogP contribution is 2.50. The van der Waals surface area contributed by atoms with Crippen molar-refractivity contribution in [2.24, 2.45) is 17.1 Å². The van der Waals surface area contributed by atoms with E-state index in [1.165, 1.54) is 12.8 Å². The topological polar surface area (TPSA) is 69.4 Å². The maximum Gasteiger partial charge on any atom is 0.255 e. The van der Waals surface area contributed by atoms with Gasteiger partial charge in [-0.1, -0.05) is 43.0 Å². The number of primary amides is 1. The Morgan fingerprint density at radius 1 is 1.28 bits per heavy atom. The highest BCUT2D eigenvalue weighted by atomic mass is 35.5. The zero-order valence-electron chi connectivity index (χ0n) is 14.4. The van der Waals surface area contributed by atoms with Gasteiger partial charge in [0.1, 0.15) is 10.8 Å². The predicted octanol–water partition coefficient (Wildman–Crippen LogP) is 4.57. The third kappa shape index (κ3) is 3.39. The third-order valence-corrected chi connectivity index (χ3v) is 6.62. The van der Waals surface area contributed by atoms with E-state index in [9.17, 15) is 9.59 Å². The monoisotopic (exact) mass is 383 g/mol. The van der Waals surface area contributed by atoms with E-state index in [2.05, 4.69) is 6.92 Å². The lowest BCUT2D eigenvalue weighted by atomic mass is 9.69. The minimum atomic E-state index is -0.591. The zero-order valence-corrected chi connectivity index (χ0v) is 15.9. The molecule has 1 unspecified atom stereocenters. The fourth-order valence-corrected chi connectivity index (χ4v) is 4.85. The Morgan fingerprint density at radius 2 is 1.96 bits per heavy atom. The Bertz CT molecular complexity index is 713. The van der Waals surface area contributed by atoms with Crippen LogP contribution in [0.15, 0.2) is 6.07 Å². The van der Waals surface area contributed by atoms with Gasteiger partial charge in [-0.3, -0.25) is 9.59 Å². The zero-order chi connectivity index (χ0) is 18.2. The van der Waals surface area contributed by atoms with Crippen LogP contribution >= 0.6 is 23.2 Å². The average molecular weight is 384 g/mol. The van der Waals surface area contributed by atoms with Crippen LogP contribution in [0.1, 0.15) is 61.4 Å². The molecule has 1 aromatic rings. The second-order valence-corrected chi connectivity index (χ2v) is 8.13. The molecule has 136 valence electrons. The summed E-state index contributed by atoms with van der Waals surface area (Å²) in [7, 11) is 0. The SMILES string of the molecule is CC1(C2CCCC2)CCCc2cc(OCC(N)=O)c(Cl)c(Cl)c2C1=O. The fourth-order valence-electron chi connectivity index (χ4n) is 4.35. The second-order valence-electron chi connectivity index (χ2n) is 7.37. The number of benzene rings is 1. The van der Waals surface area contributed by atoms with Gasteiger partial charge < -0.3 is 10.5 Å². The van der Waals surface area contributed by atoms with Gasteiger partial charge in [0.25, 0.3) is 5.91 Å². The second kappa shape index (κ2) is 7.16. The lowest BCUT2D eigenvalue weighted by Crippen LogP contribution is -2.34. The smallest absolute Gasteiger partial charge is 0.255 e. The molecule has 1 aromatic carbocycles. The Morgan fingerprint density at radius 3 is 2.60 bits per heavy atom. The van der Waals surface area contributed by atoms with E-state index in [4.69, 9.17) is 33.7 Å². The van der Waals surface area contributed by atoms with Gasteiger partial charge in [0.2, 0.25) is 0 Å². The highest BCUT2D eigenvalue weighted by molar-refractivity contribution is 6.45. The first-order chi connectivity index (χ1) is 11.8. The van der Waals surface area contributed by atoms with Crippen molar-refractivity contribution in [3.05, 3.63) is 27.2 Å². The lowest BCUT2D eigenvalue weighted by molar-refractivity contribution is -0.119. The molecule has 6 heteroatoms. The molecule has 0 aromatic heterocycles. The van der Waals surface area contributed by atoms with E-state index in [1.807, 2.05) is 0 Å². The quantitative estimate of drug-likeness (QED) is 0.773. The van der Waals surface area contributed by atoms with E-state index in [-0.39, 0.29) is 27.9 Å². The van der Waals surface area contributed by atoms with E-state index in [1.54, 1.807) is 6.07 Å². The Labute approximate surface area is 158 Å². The molecular formula is C19H23Cl2NO3.